The molecular formula is C16H16F3N. The Hall–Kier alpha value is -1.81. The van der Waals surface area contributed by atoms with Gasteiger partial charge in [-0.25, -0.2) is 0 Å². The van der Waals surface area contributed by atoms with Gasteiger partial charge in [-0.05, 0) is 23.3 Å². The first-order valence-electron chi connectivity index (χ1n) is 6.37. The second kappa shape index (κ2) is 5.67. The Morgan fingerprint density at radius 3 is 1.90 bits per heavy atom. The lowest BCUT2D eigenvalue weighted by Gasteiger charge is -2.21. The maximum Gasteiger partial charge on any atom is 0.416 e. The minimum atomic E-state index is -4.31. The minimum absolute atomic E-state index is 0.0351. The van der Waals surface area contributed by atoms with Gasteiger partial charge < -0.3 is 5.73 Å². The Bertz CT molecular complexity index is 546. The normalized spacial score (nSPS) is 14.8. The second-order valence-electron chi connectivity index (χ2n) is 4.84. The summed E-state index contributed by atoms with van der Waals surface area (Å²) < 4.78 is 37.5. The summed E-state index contributed by atoms with van der Waals surface area (Å²) in [6, 6.07) is 14.4. The van der Waals surface area contributed by atoms with Gasteiger partial charge in [-0.1, -0.05) is 49.4 Å². The fourth-order valence-electron chi connectivity index (χ4n) is 2.15. The lowest BCUT2D eigenvalue weighted by molar-refractivity contribution is -0.137. The molecule has 0 aliphatic carbocycles. The molecule has 0 bridgehead atoms. The fourth-order valence-corrected chi connectivity index (χ4v) is 2.15. The van der Waals surface area contributed by atoms with E-state index in [1.54, 1.807) is 0 Å². The number of hydrogen-bond acceptors (Lipinski definition) is 1. The van der Waals surface area contributed by atoms with Crippen LogP contribution in [0.5, 0.6) is 0 Å². The molecule has 4 heteroatoms. The number of halogens is 3. The predicted octanol–water partition coefficient (Wildman–Crippen LogP) is 4.51. The zero-order valence-electron chi connectivity index (χ0n) is 11.1. The molecule has 0 saturated heterocycles. The molecule has 1 nitrogen and oxygen atoms in total. The van der Waals surface area contributed by atoms with Gasteiger partial charge in [0.25, 0.3) is 0 Å². The van der Waals surface area contributed by atoms with E-state index in [1.165, 1.54) is 12.1 Å². The highest BCUT2D eigenvalue weighted by molar-refractivity contribution is 5.30. The van der Waals surface area contributed by atoms with Crippen molar-refractivity contribution < 1.29 is 13.2 Å². The van der Waals surface area contributed by atoms with Crippen molar-refractivity contribution in [2.24, 2.45) is 5.73 Å². The van der Waals surface area contributed by atoms with Crippen LogP contribution in [0.3, 0.4) is 0 Å². The standard InChI is InChI=1S/C16H16F3N/c1-11(12-5-3-2-4-6-12)15(20)13-7-9-14(10-8-13)16(17,18)19/h2-11,15H,20H2,1H3. The summed E-state index contributed by atoms with van der Waals surface area (Å²) in [6.45, 7) is 1.97. The van der Waals surface area contributed by atoms with E-state index in [0.29, 0.717) is 5.56 Å². The van der Waals surface area contributed by atoms with Gasteiger partial charge in [-0.15, -0.1) is 0 Å². The summed E-state index contributed by atoms with van der Waals surface area (Å²) in [6.07, 6.45) is -4.31. The van der Waals surface area contributed by atoms with Crippen LogP contribution < -0.4 is 5.73 Å². The van der Waals surface area contributed by atoms with Crippen LogP contribution in [0.15, 0.2) is 54.6 Å². The maximum absolute atomic E-state index is 12.5. The van der Waals surface area contributed by atoms with Gasteiger partial charge >= 0.3 is 6.18 Å². The van der Waals surface area contributed by atoms with E-state index in [2.05, 4.69) is 0 Å². The molecule has 2 rings (SSSR count). The van der Waals surface area contributed by atoms with Gasteiger partial charge in [0.2, 0.25) is 0 Å². The molecular weight excluding hydrogens is 263 g/mol. The van der Waals surface area contributed by atoms with Crippen molar-refractivity contribution >= 4 is 0 Å². The van der Waals surface area contributed by atoms with Crippen LogP contribution in [0.2, 0.25) is 0 Å². The summed E-state index contributed by atoms with van der Waals surface area (Å²) in [7, 11) is 0. The number of hydrogen-bond donors (Lipinski definition) is 1. The first-order valence-corrected chi connectivity index (χ1v) is 6.37. The van der Waals surface area contributed by atoms with E-state index in [9.17, 15) is 13.2 Å². The van der Waals surface area contributed by atoms with E-state index >= 15 is 0 Å². The van der Waals surface area contributed by atoms with Gasteiger partial charge in [0.15, 0.2) is 0 Å². The molecule has 106 valence electrons. The van der Waals surface area contributed by atoms with E-state index in [-0.39, 0.29) is 12.0 Å². The molecule has 0 heterocycles. The maximum atomic E-state index is 12.5. The van der Waals surface area contributed by atoms with E-state index in [0.717, 1.165) is 17.7 Å². The van der Waals surface area contributed by atoms with Crippen LogP contribution in [-0.2, 0) is 6.18 Å². The molecule has 0 spiro atoms. The molecule has 0 radical (unpaired) electrons. The Kier molecular flexibility index (Phi) is 4.14. The van der Waals surface area contributed by atoms with Gasteiger partial charge in [-0.2, -0.15) is 13.2 Å². The van der Waals surface area contributed by atoms with Crippen molar-refractivity contribution in [2.75, 3.05) is 0 Å². The van der Waals surface area contributed by atoms with Crippen LogP contribution in [0, 0.1) is 0 Å². The molecule has 2 N–H and O–H groups in total. The Balaban J connectivity index is 2.19. The van der Waals surface area contributed by atoms with Crippen molar-refractivity contribution in [2.45, 2.75) is 25.1 Å². The summed E-state index contributed by atoms with van der Waals surface area (Å²) >= 11 is 0. The fraction of sp³-hybridized carbons (Fsp3) is 0.250. The summed E-state index contributed by atoms with van der Waals surface area (Å²) in [5.74, 6) is 0.0351. The van der Waals surface area contributed by atoms with Crippen molar-refractivity contribution in [3.8, 4) is 0 Å². The number of alkyl halides is 3. The highest BCUT2D eigenvalue weighted by Gasteiger charge is 2.30. The average Bonchev–Trinajstić information content (AvgIpc) is 2.46. The summed E-state index contributed by atoms with van der Waals surface area (Å²) in [4.78, 5) is 0. The first kappa shape index (κ1) is 14.6. The van der Waals surface area contributed by atoms with Gasteiger partial charge in [0.05, 0.1) is 5.56 Å². The molecule has 0 aliphatic heterocycles. The molecule has 2 unspecified atom stereocenters. The first-order chi connectivity index (χ1) is 9.39. The Labute approximate surface area is 116 Å². The molecule has 0 amide bonds. The topological polar surface area (TPSA) is 26.0 Å². The molecule has 0 aromatic heterocycles. The molecule has 20 heavy (non-hydrogen) atoms. The molecule has 0 saturated carbocycles. The van der Waals surface area contributed by atoms with Crippen LogP contribution >= 0.6 is 0 Å². The summed E-state index contributed by atoms with van der Waals surface area (Å²) in [5, 5.41) is 0. The molecule has 0 fully saturated rings. The molecule has 2 aromatic carbocycles. The highest BCUT2D eigenvalue weighted by Crippen LogP contribution is 2.32. The van der Waals surface area contributed by atoms with E-state index in [4.69, 9.17) is 5.73 Å². The zero-order chi connectivity index (χ0) is 14.8. The SMILES string of the molecule is CC(c1ccccc1)C(N)c1ccc(C(F)(F)F)cc1. The highest BCUT2D eigenvalue weighted by atomic mass is 19.4. The Morgan fingerprint density at radius 1 is 0.850 bits per heavy atom. The predicted molar refractivity (Wildman–Crippen MR) is 73.2 cm³/mol. The van der Waals surface area contributed by atoms with Crippen molar-refractivity contribution in [1.29, 1.82) is 0 Å². The van der Waals surface area contributed by atoms with Crippen molar-refractivity contribution in [3.05, 3.63) is 71.3 Å². The quantitative estimate of drug-likeness (QED) is 0.879. The number of rotatable bonds is 3. The third-order valence-electron chi connectivity index (χ3n) is 3.49. The molecule has 2 aromatic rings. The summed E-state index contributed by atoms with van der Waals surface area (Å²) in [5.41, 5.74) is 7.27. The third-order valence-corrected chi connectivity index (χ3v) is 3.49. The minimum Gasteiger partial charge on any atom is -0.323 e. The zero-order valence-corrected chi connectivity index (χ0v) is 11.1. The number of benzene rings is 2. The Morgan fingerprint density at radius 2 is 1.40 bits per heavy atom. The largest absolute Gasteiger partial charge is 0.416 e. The van der Waals surface area contributed by atoms with Crippen molar-refractivity contribution in [1.82, 2.24) is 0 Å². The lowest BCUT2D eigenvalue weighted by atomic mass is 9.89. The second-order valence-corrected chi connectivity index (χ2v) is 4.84. The van der Waals surface area contributed by atoms with Crippen LogP contribution in [0.4, 0.5) is 13.2 Å². The molecule has 0 aliphatic rings. The van der Waals surface area contributed by atoms with E-state index in [1.807, 2.05) is 37.3 Å². The van der Waals surface area contributed by atoms with Crippen molar-refractivity contribution in [3.63, 3.8) is 0 Å². The van der Waals surface area contributed by atoms with Gasteiger partial charge in [-0.3, -0.25) is 0 Å². The van der Waals surface area contributed by atoms with Gasteiger partial charge in [0, 0.05) is 12.0 Å². The average molecular weight is 279 g/mol. The van der Waals surface area contributed by atoms with Gasteiger partial charge in [0.1, 0.15) is 0 Å². The lowest BCUT2D eigenvalue weighted by Crippen LogP contribution is -2.18. The van der Waals surface area contributed by atoms with Crippen LogP contribution in [0.1, 0.15) is 35.6 Å². The smallest absolute Gasteiger partial charge is 0.323 e. The number of nitrogens with two attached hydrogens (primary N) is 1. The van der Waals surface area contributed by atoms with Crippen LogP contribution in [-0.4, -0.2) is 0 Å². The van der Waals surface area contributed by atoms with E-state index < -0.39 is 11.7 Å². The monoisotopic (exact) mass is 279 g/mol. The molecule has 2 atom stereocenters. The third kappa shape index (κ3) is 3.20. The van der Waals surface area contributed by atoms with Crippen LogP contribution in [0.25, 0.3) is 0 Å².